The van der Waals surface area contributed by atoms with Crippen molar-refractivity contribution in [3.63, 3.8) is 0 Å². The second-order valence-corrected chi connectivity index (χ2v) is 13.2. The lowest BCUT2D eigenvalue weighted by molar-refractivity contribution is 0.0504. The van der Waals surface area contributed by atoms with E-state index in [0.717, 1.165) is 47.6 Å². The summed E-state index contributed by atoms with van der Waals surface area (Å²) >= 11 is 10.2. The fraction of sp³-hybridized carbons (Fsp3) is 0.147. The summed E-state index contributed by atoms with van der Waals surface area (Å²) in [5.74, 6) is 1.42. The molecule has 0 atom stereocenters. The number of carbonyl (C=O) groups is 1. The first-order valence-corrected chi connectivity index (χ1v) is 16.8. The van der Waals surface area contributed by atoms with Crippen LogP contribution in [0.5, 0.6) is 11.5 Å². The zero-order valence-electron chi connectivity index (χ0n) is 24.7. The van der Waals surface area contributed by atoms with Crippen LogP contribution in [0.25, 0.3) is 32.6 Å². The number of hydrogen-bond donors (Lipinski definition) is 0. The predicted octanol–water partition coefficient (Wildman–Crippen LogP) is 10.1. The molecule has 0 aliphatic rings. The minimum absolute atomic E-state index is 0.193. The van der Waals surface area contributed by atoms with E-state index in [2.05, 4.69) is 54.0 Å². The highest BCUT2D eigenvalue weighted by atomic mass is 79.9. The van der Waals surface area contributed by atoms with E-state index in [1.807, 2.05) is 73.7 Å². The Hall–Kier alpha value is -3.45. The second kappa shape index (κ2) is 17.9. The second-order valence-electron chi connectivity index (χ2n) is 9.15. The van der Waals surface area contributed by atoms with Crippen molar-refractivity contribution in [2.75, 3.05) is 27.8 Å². The Morgan fingerprint density at radius 1 is 0.689 bits per heavy atom. The van der Waals surface area contributed by atoms with E-state index in [1.165, 1.54) is 9.40 Å². The summed E-state index contributed by atoms with van der Waals surface area (Å²) in [4.78, 5) is 19.3. The highest BCUT2D eigenvalue weighted by Gasteiger charge is 2.03. The molecule has 2 aromatic heterocycles. The van der Waals surface area contributed by atoms with E-state index in [1.54, 1.807) is 55.1 Å². The lowest BCUT2D eigenvalue weighted by Gasteiger charge is -2.07. The first-order valence-electron chi connectivity index (χ1n) is 13.5. The van der Waals surface area contributed by atoms with Crippen molar-refractivity contribution in [1.82, 2.24) is 9.97 Å². The molecule has 6 aromatic rings. The smallest absolute Gasteiger partial charge is 0.188 e. The maximum atomic E-state index is 10.4. The number of nitrogens with zero attached hydrogens (tertiary/aromatic N) is 2. The molecule has 0 aliphatic heterocycles. The molecule has 7 nitrogen and oxygen atoms in total. The third-order valence-electron chi connectivity index (χ3n) is 5.84. The number of aromatic nitrogens is 2. The summed E-state index contributed by atoms with van der Waals surface area (Å²) in [6.45, 7) is 2.46. The van der Waals surface area contributed by atoms with Crippen LogP contribution in [0.15, 0.2) is 93.9 Å². The van der Waals surface area contributed by atoms with Gasteiger partial charge in [0.05, 0.1) is 34.4 Å². The number of hydrogen-bond acceptors (Lipinski definition) is 9. The molecule has 11 heteroatoms. The van der Waals surface area contributed by atoms with Gasteiger partial charge in [-0.15, -0.1) is 22.7 Å². The van der Waals surface area contributed by atoms with Gasteiger partial charge in [-0.3, -0.25) is 4.79 Å². The third-order valence-corrected chi connectivity index (χ3v) is 9.04. The molecule has 0 N–H and O–H groups in total. The maximum absolute atomic E-state index is 10.4. The minimum atomic E-state index is 0.193. The molecule has 6 rings (SSSR count). The molecule has 4 aromatic carbocycles. The Balaban J connectivity index is 0.000000169. The number of ether oxygens (including phenoxy) is 4. The molecule has 0 amide bonds. The highest BCUT2D eigenvalue weighted by Crippen LogP contribution is 2.28. The summed E-state index contributed by atoms with van der Waals surface area (Å²) < 4.78 is 24.4. The van der Waals surface area contributed by atoms with Gasteiger partial charge < -0.3 is 18.9 Å². The number of aldehydes is 1. The number of carbonyl (C=O) groups excluding carboxylic acids is 1. The minimum Gasteiger partial charge on any atom is -0.466 e. The zero-order chi connectivity index (χ0) is 32.0. The Morgan fingerprint density at radius 3 is 1.76 bits per heavy atom. The maximum Gasteiger partial charge on any atom is 0.188 e. The molecule has 0 fully saturated rings. The fourth-order valence-corrected chi connectivity index (χ4v) is 6.53. The summed E-state index contributed by atoms with van der Waals surface area (Å²) in [5, 5.41) is 2.14. The van der Waals surface area contributed by atoms with Crippen molar-refractivity contribution in [2.24, 2.45) is 0 Å². The van der Waals surface area contributed by atoms with E-state index in [0.29, 0.717) is 11.3 Å². The van der Waals surface area contributed by atoms with Crippen LogP contribution >= 0.6 is 54.5 Å². The van der Waals surface area contributed by atoms with Crippen LogP contribution in [-0.4, -0.2) is 44.1 Å². The quantitative estimate of drug-likeness (QED) is 0.107. The summed E-state index contributed by atoms with van der Waals surface area (Å²) in [6.07, 6.45) is 4.86. The molecular formula is C34H30Br2N2O5S2. The summed E-state index contributed by atoms with van der Waals surface area (Å²) in [7, 11) is 3.15. The Morgan fingerprint density at radius 2 is 1.22 bits per heavy atom. The Bertz CT molecular complexity index is 1810. The largest absolute Gasteiger partial charge is 0.466 e. The first-order chi connectivity index (χ1) is 21.9. The number of fused-ring (bicyclic) bond motifs is 2. The number of rotatable bonds is 9. The molecule has 0 saturated carbocycles. The van der Waals surface area contributed by atoms with Crippen LogP contribution in [-0.2, 0) is 9.47 Å². The van der Waals surface area contributed by atoms with E-state index >= 15 is 0 Å². The fourth-order valence-electron chi connectivity index (χ4n) is 3.81. The monoisotopic (exact) mass is 768 g/mol. The number of thiazole rings is 2. The molecule has 0 saturated heterocycles. The van der Waals surface area contributed by atoms with Crippen molar-refractivity contribution in [3.05, 3.63) is 115 Å². The number of methoxy groups -OCH3 is 2. The summed E-state index contributed by atoms with van der Waals surface area (Å²) in [6, 6.07) is 27.4. The number of para-hydroxylation sites is 2. The van der Waals surface area contributed by atoms with Crippen LogP contribution < -0.4 is 9.47 Å². The molecule has 0 aliphatic carbocycles. The van der Waals surface area contributed by atoms with Gasteiger partial charge in [0.15, 0.2) is 13.6 Å². The molecule has 232 valence electrons. The Kier molecular flexibility index (Phi) is 13.7. The van der Waals surface area contributed by atoms with Gasteiger partial charge in [0.2, 0.25) is 0 Å². The molecule has 0 unspecified atom stereocenters. The van der Waals surface area contributed by atoms with Gasteiger partial charge in [-0.2, -0.15) is 0 Å². The molecule has 2 heterocycles. The van der Waals surface area contributed by atoms with Crippen molar-refractivity contribution >= 4 is 93.4 Å². The van der Waals surface area contributed by atoms with Crippen molar-refractivity contribution < 1.29 is 23.7 Å². The van der Waals surface area contributed by atoms with E-state index in [9.17, 15) is 4.79 Å². The normalized spacial score (nSPS) is 10.7. The first kappa shape index (κ1) is 34.4. The number of halogens is 2. The van der Waals surface area contributed by atoms with Crippen molar-refractivity contribution in [3.8, 4) is 11.5 Å². The predicted molar refractivity (Wildman–Crippen MR) is 192 cm³/mol. The average Bonchev–Trinajstić information content (AvgIpc) is 3.65. The third kappa shape index (κ3) is 10.6. The lowest BCUT2D eigenvalue weighted by Crippen LogP contribution is -1.99. The molecule has 45 heavy (non-hydrogen) atoms. The molecule has 0 bridgehead atoms. The standard InChI is InChI=1S/C17H14BrNO2S.C9H9BrO3.C8H7NS/c1-20-11-21-15-8-6-12(10-13(15)18)7-9-17-19-14-4-2-3-5-16(14)22-17;1-12-6-13-9-3-2-7(5-11)4-8(9)10;1-6-9-7-4-2-3-5-8(7)10-6/h2-10H,11H2,1H3;2-5H,6H2,1H3;2-5H,1H3/b9-7+;;. The van der Waals surface area contributed by atoms with Gasteiger partial charge in [0.1, 0.15) is 22.8 Å². The zero-order valence-corrected chi connectivity index (χ0v) is 29.5. The van der Waals surface area contributed by atoms with Gasteiger partial charge in [-0.1, -0.05) is 36.4 Å². The van der Waals surface area contributed by atoms with Crippen LogP contribution in [0.2, 0.25) is 0 Å². The molecule has 0 spiro atoms. The molecular weight excluding hydrogens is 740 g/mol. The number of benzene rings is 4. The van der Waals surface area contributed by atoms with Gasteiger partial charge in [-0.05, 0) is 105 Å². The average molecular weight is 771 g/mol. The van der Waals surface area contributed by atoms with Gasteiger partial charge >= 0.3 is 0 Å². The van der Waals surface area contributed by atoms with Gasteiger partial charge in [-0.25, -0.2) is 9.97 Å². The lowest BCUT2D eigenvalue weighted by atomic mass is 10.2. The van der Waals surface area contributed by atoms with Gasteiger partial charge in [0, 0.05) is 19.8 Å². The van der Waals surface area contributed by atoms with Crippen molar-refractivity contribution in [1.29, 1.82) is 0 Å². The van der Waals surface area contributed by atoms with Crippen LogP contribution in [0.4, 0.5) is 0 Å². The van der Waals surface area contributed by atoms with Crippen LogP contribution in [0.1, 0.15) is 25.9 Å². The number of aryl methyl sites for hydroxylation is 1. The van der Waals surface area contributed by atoms with Crippen molar-refractivity contribution in [2.45, 2.75) is 6.92 Å². The molecule has 0 radical (unpaired) electrons. The SMILES string of the molecule is COCOc1ccc(/C=C/c2nc3ccccc3s2)cc1Br.COCOc1ccc(C=O)cc1Br.Cc1nc2ccccc2s1. The van der Waals surface area contributed by atoms with Crippen LogP contribution in [0.3, 0.4) is 0 Å². The topological polar surface area (TPSA) is 79.8 Å². The Labute approximate surface area is 286 Å². The highest BCUT2D eigenvalue weighted by molar-refractivity contribution is 9.11. The van der Waals surface area contributed by atoms with Gasteiger partial charge in [0.25, 0.3) is 0 Å². The van der Waals surface area contributed by atoms with E-state index in [-0.39, 0.29) is 13.6 Å². The van der Waals surface area contributed by atoms with Crippen LogP contribution in [0, 0.1) is 6.92 Å². The van der Waals surface area contributed by atoms with E-state index in [4.69, 9.17) is 18.9 Å². The van der Waals surface area contributed by atoms with E-state index < -0.39 is 0 Å². The summed E-state index contributed by atoms with van der Waals surface area (Å²) in [5.41, 5.74) is 3.84.